The van der Waals surface area contributed by atoms with Gasteiger partial charge in [0, 0.05) is 0 Å². The van der Waals surface area contributed by atoms with E-state index in [-0.39, 0.29) is 17.4 Å². The van der Waals surface area contributed by atoms with Gasteiger partial charge < -0.3 is 20.3 Å². The number of amides is 1. The third kappa shape index (κ3) is 1.46. The smallest absolute Gasteiger partial charge is 0.229 e. The van der Waals surface area contributed by atoms with Crippen LogP contribution in [-0.4, -0.2) is 47.1 Å². The Labute approximate surface area is 100 Å². The minimum Gasteiger partial charge on any atom is -0.390 e. The maximum atomic E-state index is 12.4. The van der Waals surface area contributed by atoms with Crippen LogP contribution in [0.1, 0.15) is 26.2 Å². The monoisotopic (exact) mass is 241 g/mol. The molecule has 1 heterocycles. The average molecular weight is 241 g/mol. The first-order valence-corrected chi connectivity index (χ1v) is 6.23. The average Bonchev–Trinajstić information content (AvgIpc) is 2.78. The van der Waals surface area contributed by atoms with Gasteiger partial charge in [-0.2, -0.15) is 0 Å². The lowest BCUT2D eigenvalue weighted by atomic mass is 9.79. The lowest BCUT2D eigenvalue weighted by Gasteiger charge is -2.42. The summed E-state index contributed by atoms with van der Waals surface area (Å²) < 4.78 is 5.10. The van der Waals surface area contributed by atoms with Crippen LogP contribution in [0.3, 0.4) is 0 Å². The number of carbonyl (C=O) groups is 1. The lowest BCUT2D eigenvalue weighted by Crippen LogP contribution is -2.63. The van der Waals surface area contributed by atoms with Crippen LogP contribution in [0.25, 0.3) is 0 Å². The van der Waals surface area contributed by atoms with Crippen molar-refractivity contribution < 1.29 is 19.7 Å². The van der Waals surface area contributed by atoms with Gasteiger partial charge in [0.1, 0.15) is 0 Å². The molecule has 0 unspecified atom stereocenters. The van der Waals surface area contributed by atoms with E-state index in [9.17, 15) is 15.0 Å². The van der Waals surface area contributed by atoms with E-state index in [1.807, 2.05) is 6.92 Å². The van der Waals surface area contributed by atoms with E-state index in [2.05, 4.69) is 5.32 Å². The molecule has 2 saturated carbocycles. The van der Waals surface area contributed by atoms with Crippen molar-refractivity contribution in [1.82, 2.24) is 5.32 Å². The van der Waals surface area contributed by atoms with Gasteiger partial charge in [-0.3, -0.25) is 4.79 Å². The zero-order valence-electron chi connectivity index (χ0n) is 9.98. The first kappa shape index (κ1) is 11.4. The van der Waals surface area contributed by atoms with Crippen molar-refractivity contribution in [3.05, 3.63) is 0 Å². The standard InChI is InChI=1S/C12H19NO4/c1-11(5-17-6-11)13-10(16)12-3-2-7(4-12)8(14)9(12)15/h7-9,14-15H,2-6H2,1H3,(H,13,16)/t7-,8+,9+,12-/m1/s1. The molecule has 3 aliphatic rings. The molecule has 0 aromatic rings. The number of carbonyl (C=O) groups excluding carboxylic acids is 1. The zero-order chi connectivity index (χ0) is 12.3. The minimum absolute atomic E-state index is 0.0844. The molecular formula is C12H19NO4. The maximum Gasteiger partial charge on any atom is 0.229 e. The van der Waals surface area contributed by atoms with E-state index in [0.29, 0.717) is 26.1 Å². The Bertz CT molecular complexity index is 354. The Morgan fingerprint density at radius 3 is 2.59 bits per heavy atom. The summed E-state index contributed by atoms with van der Waals surface area (Å²) >= 11 is 0. The highest BCUT2D eigenvalue weighted by Gasteiger charge is 2.61. The predicted octanol–water partition coefficient (Wildman–Crippen LogP) is -0.587. The topological polar surface area (TPSA) is 78.8 Å². The fourth-order valence-electron chi connectivity index (χ4n) is 3.48. The Morgan fingerprint density at radius 1 is 1.41 bits per heavy atom. The molecule has 2 aliphatic carbocycles. The SMILES string of the molecule is CC1(NC(=O)[C@]23CC[C@H](C2)[C@H](O)[C@@H]3O)COC1. The number of nitrogens with one attached hydrogen (secondary N) is 1. The minimum atomic E-state index is -0.911. The van der Waals surface area contributed by atoms with Crippen LogP contribution in [0.4, 0.5) is 0 Å². The summed E-state index contributed by atoms with van der Waals surface area (Å²) in [6.45, 7) is 2.99. The number of hydrogen-bond donors (Lipinski definition) is 3. The predicted molar refractivity (Wildman–Crippen MR) is 59.2 cm³/mol. The van der Waals surface area contributed by atoms with Gasteiger partial charge in [-0.1, -0.05) is 0 Å². The second-order valence-electron chi connectivity index (χ2n) is 6.10. The summed E-state index contributed by atoms with van der Waals surface area (Å²) in [5.74, 6) is -0.0314. The Balaban J connectivity index is 1.77. The van der Waals surface area contributed by atoms with Crippen molar-refractivity contribution in [2.75, 3.05) is 13.2 Å². The van der Waals surface area contributed by atoms with Crippen molar-refractivity contribution in [3.63, 3.8) is 0 Å². The summed E-state index contributed by atoms with van der Waals surface area (Å²) in [6, 6.07) is 0. The van der Waals surface area contributed by atoms with Gasteiger partial charge in [0.2, 0.25) is 5.91 Å². The fourth-order valence-corrected chi connectivity index (χ4v) is 3.48. The van der Waals surface area contributed by atoms with Crippen LogP contribution in [0.5, 0.6) is 0 Å². The highest BCUT2D eigenvalue weighted by molar-refractivity contribution is 5.85. The summed E-state index contributed by atoms with van der Waals surface area (Å²) in [7, 11) is 0. The van der Waals surface area contributed by atoms with Gasteiger partial charge in [0.05, 0.1) is 36.4 Å². The van der Waals surface area contributed by atoms with Gasteiger partial charge in [-0.25, -0.2) is 0 Å². The molecule has 3 fully saturated rings. The Kier molecular flexibility index (Phi) is 2.31. The first-order valence-electron chi connectivity index (χ1n) is 6.23. The maximum absolute atomic E-state index is 12.4. The van der Waals surface area contributed by atoms with E-state index < -0.39 is 17.6 Å². The van der Waals surface area contributed by atoms with E-state index >= 15 is 0 Å². The normalized spacial score (nSPS) is 46.6. The van der Waals surface area contributed by atoms with Gasteiger partial charge in [-0.15, -0.1) is 0 Å². The van der Waals surface area contributed by atoms with E-state index in [4.69, 9.17) is 4.74 Å². The van der Waals surface area contributed by atoms with Crippen LogP contribution in [0.2, 0.25) is 0 Å². The molecule has 96 valence electrons. The van der Waals surface area contributed by atoms with Gasteiger partial charge >= 0.3 is 0 Å². The van der Waals surface area contributed by atoms with Crippen molar-refractivity contribution in [1.29, 1.82) is 0 Å². The second-order valence-corrected chi connectivity index (χ2v) is 6.10. The van der Waals surface area contributed by atoms with E-state index in [1.165, 1.54) is 0 Å². The number of rotatable bonds is 2. The fraction of sp³-hybridized carbons (Fsp3) is 0.917. The molecular weight excluding hydrogens is 222 g/mol. The first-order chi connectivity index (χ1) is 7.97. The van der Waals surface area contributed by atoms with Crippen LogP contribution in [-0.2, 0) is 9.53 Å². The molecule has 5 heteroatoms. The molecule has 0 spiro atoms. The van der Waals surface area contributed by atoms with Crippen LogP contribution in [0, 0.1) is 11.3 Å². The molecule has 17 heavy (non-hydrogen) atoms. The summed E-state index contributed by atoms with van der Waals surface area (Å²) in [5, 5.41) is 22.8. The molecule has 3 N–H and O–H groups in total. The van der Waals surface area contributed by atoms with Crippen LogP contribution in [0.15, 0.2) is 0 Å². The number of aliphatic hydroxyl groups excluding tert-OH is 2. The van der Waals surface area contributed by atoms with Crippen molar-refractivity contribution in [2.24, 2.45) is 11.3 Å². The highest BCUT2D eigenvalue weighted by atomic mass is 16.5. The summed E-state index contributed by atoms with van der Waals surface area (Å²) in [6.07, 6.45) is 0.473. The number of fused-ring (bicyclic) bond motifs is 2. The highest BCUT2D eigenvalue weighted by Crippen LogP contribution is 2.54. The molecule has 1 aliphatic heterocycles. The number of hydrogen-bond acceptors (Lipinski definition) is 4. The third-order valence-electron chi connectivity index (χ3n) is 4.67. The number of aliphatic hydroxyl groups is 2. The molecule has 3 rings (SSSR count). The van der Waals surface area contributed by atoms with Gasteiger partial charge in [0.25, 0.3) is 0 Å². The van der Waals surface area contributed by atoms with Crippen molar-refractivity contribution in [2.45, 2.75) is 43.9 Å². The molecule has 0 radical (unpaired) electrons. The lowest BCUT2D eigenvalue weighted by molar-refractivity contribution is -0.149. The molecule has 4 atom stereocenters. The largest absolute Gasteiger partial charge is 0.390 e. The van der Waals surface area contributed by atoms with Crippen LogP contribution >= 0.6 is 0 Å². The summed E-state index contributed by atoms with van der Waals surface area (Å²) in [5.41, 5.74) is -1.06. The third-order valence-corrected chi connectivity index (χ3v) is 4.67. The Hall–Kier alpha value is -0.650. The van der Waals surface area contributed by atoms with Crippen molar-refractivity contribution >= 4 is 5.91 Å². The molecule has 0 aromatic heterocycles. The second kappa shape index (κ2) is 3.43. The molecule has 1 saturated heterocycles. The molecule has 2 bridgehead atoms. The zero-order valence-corrected chi connectivity index (χ0v) is 9.98. The molecule has 1 amide bonds. The van der Waals surface area contributed by atoms with E-state index in [1.54, 1.807) is 0 Å². The molecule has 0 aromatic carbocycles. The van der Waals surface area contributed by atoms with Crippen molar-refractivity contribution in [3.8, 4) is 0 Å². The summed E-state index contributed by atoms with van der Waals surface area (Å²) in [4.78, 5) is 12.4. The van der Waals surface area contributed by atoms with Crippen LogP contribution < -0.4 is 5.32 Å². The van der Waals surface area contributed by atoms with Gasteiger partial charge in [-0.05, 0) is 32.1 Å². The van der Waals surface area contributed by atoms with E-state index in [0.717, 1.165) is 6.42 Å². The number of ether oxygens (including phenoxy) is 1. The Morgan fingerprint density at radius 2 is 2.12 bits per heavy atom. The quantitative estimate of drug-likeness (QED) is 0.604. The molecule has 5 nitrogen and oxygen atoms in total. The van der Waals surface area contributed by atoms with Gasteiger partial charge in [0.15, 0.2) is 0 Å².